The molecule has 0 spiro atoms. The van der Waals surface area contributed by atoms with Crippen LogP contribution in [0.5, 0.6) is 0 Å². The molecule has 0 aromatic carbocycles. The number of ether oxygens (including phenoxy) is 1. The van der Waals surface area contributed by atoms with Gasteiger partial charge >= 0.3 is 0 Å². The highest BCUT2D eigenvalue weighted by Gasteiger charge is 2.16. The van der Waals surface area contributed by atoms with Gasteiger partial charge in [-0.05, 0) is 19.9 Å². The first-order valence-corrected chi connectivity index (χ1v) is 6.12. The molecule has 2 N–H and O–H groups in total. The lowest BCUT2D eigenvalue weighted by molar-refractivity contribution is 0.122. The largest absolute Gasteiger partial charge is 0.378 e. The first kappa shape index (κ1) is 10.9. The molecule has 1 aromatic heterocycles. The van der Waals surface area contributed by atoms with Crippen molar-refractivity contribution in [2.45, 2.75) is 13.3 Å². The van der Waals surface area contributed by atoms with Crippen LogP contribution in [-0.4, -0.2) is 37.8 Å². The second kappa shape index (κ2) is 4.92. The predicted molar refractivity (Wildman–Crippen MR) is 62.6 cm³/mol. The van der Waals surface area contributed by atoms with Crippen LogP contribution >= 0.6 is 11.3 Å². The van der Waals surface area contributed by atoms with E-state index in [-0.39, 0.29) is 0 Å². The summed E-state index contributed by atoms with van der Waals surface area (Å²) in [5, 5.41) is 1.12. The van der Waals surface area contributed by atoms with Crippen LogP contribution in [0.2, 0.25) is 0 Å². The lowest BCUT2D eigenvalue weighted by Gasteiger charge is -2.26. The number of aromatic nitrogens is 1. The zero-order valence-electron chi connectivity index (χ0n) is 9.03. The van der Waals surface area contributed by atoms with Crippen LogP contribution in [0.25, 0.3) is 0 Å². The van der Waals surface area contributed by atoms with E-state index in [9.17, 15) is 0 Å². The van der Waals surface area contributed by atoms with Gasteiger partial charge < -0.3 is 15.4 Å². The number of anilines is 1. The highest BCUT2D eigenvalue weighted by atomic mass is 32.1. The van der Waals surface area contributed by atoms with Crippen molar-refractivity contribution < 1.29 is 4.74 Å². The molecule has 15 heavy (non-hydrogen) atoms. The third-order valence-corrected chi connectivity index (χ3v) is 3.81. The Morgan fingerprint density at radius 1 is 1.47 bits per heavy atom. The van der Waals surface area contributed by atoms with Crippen LogP contribution in [0.4, 0.5) is 5.13 Å². The molecule has 0 aliphatic carbocycles. The zero-order valence-corrected chi connectivity index (χ0v) is 9.85. The predicted octanol–water partition coefficient (Wildman–Crippen LogP) is 0.789. The van der Waals surface area contributed by atoms with Crippen molar-refractivity contribution in [3.8, 4) is 0 Å². The third-order valence-electron chi connectivity index (χ3n) is 2.53. The topological polar surface area (TPSA) is 51.4 Å². The van der Waals surface area contributed by atoms with Crippen LogP contribution in [0.3, 0.4) is 0 Å². The minimum atomic E-state index is 0.700. The van der Waals surface area contributed by atoms with Crippen LogP contribution in [-0.2, 0) is 11.2 Å². The normalized spacial score (nSPS) is 17.1. The van der Waals surface area contributed by atoms with Gasteiger partial charge in [0.1, 0.15) is 0 Å². The second-order valence-electron chi connectivity index (χ2n) is 3.64. The van der Waals surface area contributed by atoms with Crippen LogP contribution in [0.15, 0.2) is 0 Å². The Balaban J connectivity index is 2.10. The van der Waals surface area contributed by atoms with Gasteiger partial charge in [0.25, 0.3) is 0 Å². The molecule has 0 radical (unpaired) electrons. The average molecular weight is 227 g/mol. The van der Waals surface area contributed by atoms with E-state index in [0.717, 1.165) is 43.5 Å². The van der Waals surface area contributed by atoms with E-state index in [1.165, 1.54) is 4.88 Å². The van der Waals surface area contributed by atoms with Gasteiger partial charge in [-0.15, -0.1) is 11.3 Å². The quantitative estimate of drug-likeness (QED) is 0.829. The molecule has 0 saturated carbocycles. The number of nitrogens with two attached hydrogens (primary N) is 1. The van der Waals surface area contributed by atoms with E-state index in [2.05, 4.69) is 16.8 Å². The molecule has 1 aliphatic rings. The maximum absolute atomic E-state index is 5.56. The molecule has 84 valence electrons. The summed E-state index contributed by atoms with van der Waals surface area (Å²) in [5.74, 6) is 0. The number of rotatable bonds is 3. The summed E-state index contributed by atoms with van der Waals surface area (Å²) in [6, 6.07) is 0. The SMILES string of the molecule is Cc1nc(N2CCOCC2)sc1CCN. The fourth-order valence-corrected chi connectivity index (χ4v) is 2.79. The number of hydrogen-bond donors (Lipinski definition) is 1. The minimum absolute atomic E-state index is 0.700. The maximum Gasteiger partial charge on any atom is 0.185 e. The minimum Gasteiger partial charge on any atom is -0.378 e. The van der Waals surface area contributed by atoms with Crippen molar-refractivity contribution in [2.75, 3.05) is 37.7 Å². The van der Waals surface area contributed by atoms with E-state index in [0.29, 0.717) is 6.54 Å². The van der Waals surface area contributed by atoms with Crippen LogP contribution < -0.4 is 10.6 Å². The molecular formula is C10H17N3OS. The number of thiazole rings is 1. The lowest BCUT2D eigenvalue weighted by atomic mass is 10.3. The van der Waals surface area contributed by atoms with E-state index in [1.807, 2.05) is 0 Å². The van der Waals surface area contributed by atoms with Crippen molar-refractivity contribution in [3.05, 3.63) is 10.6 Å². The standard InChI is InChI=1S/C10H17N3OS/c1-8-9(2-3-11)15-10(12-8)13-4-6-14-7-5-13/h2-7,11H2,1H3. The molecule has 1 saturated heterocycles. The molecule has 0 bridgehead atoms. The highest BCUT2D eigenvalue weighted by Crippen LogP contribution is 2.26. The van der Waals surface area contributed by atoms with Crippen LogP contribution in [0.1, 0.15) is 10.6 Å². The van der Waals surface area contributed by atoms with Crippen LogP contribution in [0, 0.1) is 6.92 Å². The van der Waals surface area contributed by atoms with Crippen molar-refractivity contribution in [1.82, 2.24) is 4.98 Å². The summed E-state index contributed by atoms with van der Waals surface area (Å²) in [6.45, 7) is 6.29. The summed E-state index contributed by atoms with van der Waals surface area (Å²) in [7, 11) is 0. The second-order valence-corrected chi connectivity index (χ2v) is 4.71. The Labute approximate surface area is 94.1 Å². The van der Waals surface area contributed by atoms with Crippen molar-refractivity contribution >= 4 is 16.5 Å². The summed E-state index contributed by atoms with van der Waals surface area (Å²) >= 11 is 1.77. The van der Waals surface area contributed by atoms with Gasteiger partial charge in [0.2, 0.25) is 0 Å². The first-order chi connectivity index (χ1) is 7.31. The molecule has 0 atom stereocenters. The molecule has 1 fully saturated rings. The van der Waals surface area contributed by atoms with Crippen molar-refractivity contribution in [1.29, 1.82) is 0 Å². The molecule has 2 rings (SSSR count). The zero-order chi connectivity index (χ0) is 10.7. The summed E-state index contributed by atoms with van der Waals surface area (Å²) in [5.41, 5.74) is 6.69. The lowest BCUT2D eigenvalue weighted by Crippen LogP contribution is -2.36. The fraction of sp³-hybridized carbons (Fsp3) is 0.700. The molecule has 4 nitrogen and oxygen atoms in total. The van der Waals surface area contributed by atoms with Gasteiger partial charge in [0, 0.05) is 18.0 Å². The number of nitrogens with zero attached hydrogens (tertiary/aromatic N) is 2. The van der Waals surface area contributed by atoms with Crippen molar-refractivity contribution in [3.63, 3.8) is 0 Å². The molecule has 2 heterocycles. The van der Waals surface area contributed by atoms with Gasteiger partial charge in [-0.2, -0.15) is 0 Å². The highest BCUT2D eigenvalue weighted by molar-refractivity contribution is 7.15. The average Bonchev–Trinajstić information content (AvgIpc) is 2.63. The number of aryl methyl sites for hydroxylation is 1. The van der Waals surface area contributed by atoms with Gasteiger partial charge in [-0.3, -0.25) is 0 Å². The number of morpholine rings is 1. The molecule has 0 amide bonds. The molecule has 1 aliphatic heterocycles. The van der Waals surface area contributed by atoms with Crippen molar-refractivity contribution in [2.24, 2.45) is 5.73 Å². The maximum atomic E-state index is 5.56. The summed E-state index contributed by atoms with van der Waals surface area (Å²) in [6.07, 6.45) is 0.938. The van der Waals surface area contributed by atoms with E-state index in [4.69, 9.17) is 10.5 Å². The van der Waals surface area contributed by atoms with Gasteiger partial charge in [-0.25, -0.2) is 4.98 Å². The number of hydrogen-bond acceptors (Lipinski definition) is 5. The van der Waals surface area contributed by atoms with E-state index in [1.54, 1.807) is 11.3 Å². The Bertz CT molecular complexity index is 320. The Morgan fingerprint density at radius 2 is 2.20 bits per heavy atom. The Kier molecular flexibility index (Phi) is 3.56. The summed E-state index contributed by atoms with van der Waals surface area (Å²) in [4.78, 5) is 8.20. The molecule has 1 aromatic rings. The molecule has 0 unspecified atom stereocenters. The Morgan fingerprint density at radius 3 is 2.87 bits per heavy atom. The van der Waals surface area contributed by atoms with E-state index >= 15 is 0 Å². The Hall–Kier alpha value is -0.650. The third kappa shape index (κ3) is 2.48. The fourth-order valence-electron chi connectivity index (χ4n) is 1.67. The summed E-state index contributed by atoms with van der Waals surface area (Å²) < 4.78 is 5.32. The first-order valence-electron chi connectivity index (χ1n) is 5.30. The van der Waals surface area contributed by atoms with Gasteiger partial charge in [-0.1, -0.05) is 0 Å². The molecule has 5 heteroatoms. The van der Waals surface area contributed by atoms with Gasteiger partial charge in [0.15, 0.2) is 5.13 Å². The van der Waals surface area contributed by atoms with Gasteiger partial charge in [0.05, 0.1) is 18.9 Å². The monoisotopic (exact) mass is 227 g/mol. The molecular weight excluding hydrogens is 210 g/mol. The smallest absolute Gasteiger partial charge is 0.185 e. The van der Waals surface area contributed by atoms with E-state index < -0.39 is 0 Å².